The number of pyridine rings is 1. The molecule has 0 fully saturated rings. The molecule has 0 atom stereocenters. The number of ether oxygens (including phenoxy) is 2. The Kier molecular flexibility index (Phi) is 7.44. The minimum atomic E-state index is -0.147. The van der Waals surface area contributed by atoms with E-state index in [0.717, 1.165) is 27.8 Å². The highest BCUT2D eigenvalue weighted by Crippen LogP contribution is 2.20. The number of nitrogens with zero attached hydrogens (tertiary/aromatic N) is 1. The maximum Gasteiger partial charge on any atom is 0.253 e. The van der Waals surface area contributed by atoms with Crippen LogP contribution in [-0.2, 0) is 19.6 Å². The number of hydrogen-bond acceptors (Lipinski definition) is 4. The zero-order valence-electron chi connectivity index (χ0n) is 19.2. The van der Waals surface area contributed by atoms with E-state index in [0.29, 0.717) is 36.1 Å². The van der Waals surface area contributed by atoms with E-state index >= 15 is 0 Å². The van der Waals surface area contributed by atoms with Crippen molar-refractivity contribution in [3.05, 3.63) is 106 Å². The van der Waals surface area contributed by atoms with E-state index in [4.69, 9.17) is 21.7 Å². The number of rotatable bonds is 8. The Hall–Kier alpha value is -3.84. The molecule has 7 heteroatoms. The second kappa shape index (κ2) is 10.9. The Bertz CT molecular complexity index is 1320. The fourth-order valence-corrected chi connectivity index (χ4v) is 3.91. The van der Waals surface area contributed by atoms with Crippen molar-refractivity contribution in [2.24, 2.45) is 0 Å². The van der Waals surface area contributed by atoms with Gasteiger partial charge in [0, 0.05) is 24.7 Å². The summed E-state index contributed by atoms with van der Waals surface area (Å²) in [5, 5.41) is 4.85. The van der Waals surface area contributed by atoms with Crippen LogP contribution in [0.4, 0.5) is 0 Å². The zero-order chi connectivity index (χ0) is 23.9. The largest absolute Gasteiger partial charge is 0.497 e. The molecule has 0 spiro atoms. The molecule has 0 radical (unpaired) electrons. The van der Waals surface area contributed by atoms with E-state index in [1.807, 2.05) is 83.8 Å². The second-order valence-electron chi connectivity index (χ2n) is 7.93. The highest BCUT2D eigenvalue weighted by Gasteiger charge is 2.15. The summed E-state index contributed by atoms with van der Waals surface area (Å²) >= 11 is 5.75. The smallest absolute Gasteiger partial charge is 0.253 e. The predicted molar refractivity (Wildman–Crippen MR) is 139 cm³/mol. The summed E-state index contributed by atoms with van der Waals surface area (Å²) in [4.78, 5) is 17.9. The van der Waals surface area contributed by atoms with Crippen LogP contribution in [0.15, 0.2) is 83.7 Å². The Morgan fingerprint density at radius 1 is 0.882 bits per heavy atom. The molecule has 4 rings (SSSR count). The minimum Gasteiger partial charge on any atom is -0.497 e. The van der Waals surface area contributed by atoms with Crippen LogP contribution in [0.1, 0.15) is 16.7 Å². The predicted octanol–water partition coefficient (Wildman–Crippen LogP) is 4.62. The topological polar surface area (TPSA) is 66.6 Å². The van der Waals surface area contributed by atoms with Gasteiger partial charge in [-0.3, -0.25) is 4.79 Å². The molecule has 3 aromatic carbocycles. The van der Waals surface area contributed by atoms with Crippen LogP contribution in [0.5, 0.6) is 11.5 Å². The first-order valence-electron chi connectivity index (χ1n) is 11.0. The molecular formula is C27H27N3O3S. The molecule has 0 aliphatic rings. The Labute approximate surface area is 204 Å². The van der Waals surface area contributed by atoms with E-state index in [1.165, 1.54) is 0 Å². The molecule has 0 unspecified atom stereocenters. The van der Waals surface area contributed by atoms with E-state index in [-0.39, 0.29) is 5.56 Å². The van der Waals surface area contributed by atoms with Crippen LogP contribution in [-0.4, -0.2) is 29.2 Å². The minimum absolute atomic E-state index is 0.147. The number of hydrogen-bond donors (Lipinski definition) is 2. The van der Waals surface area contributed by atoms with Gasteiger partial charge in [-0.15, -0.1) is 0 Å². The third-order valence-electron chi connectivity index (χ3n) is 5.60. The van der Waals surface area contributed by atoms with Gasteiger partial charge in [0.2, 0.25) is 0 Å². The Balaban J connectivity index is 1.59. The number of aromatic amines is 1. The number of H-pyrrole nitrogens is 1. The summed E-state index contributed by atoms with van der Waals surface area (Å²) in [6.45, 7) is 1.52. The standard InChI is InChI=1S/C27H27N3O3S/c1-32-23-11-8-20(9-12-23)17-30(27(34)28-16-19-6-4-3-5-7-19)18-22-14-21-10-13-24(33-2)15-25(21)29-26(22)31/h3-15H,16-18H2,1-2H3,(H,28,34)(H,29,31). The van der Waals surface area contributed by atoms with Crippen molar-refractivity contribution in [1.29, 1.82) is 0 Å². The molecule has 0 amide bonds. The van der Waals surface area contributed by atoms with Gasteiger partial charge in [-0.2, -0.15) is 0 Å². The molecule has 4 aromatic rings. The average molecular weight is 474 g/mol. The molecule has 0 saturated carbocycles. The molecule has 34 heavy (non-hydrogen) atoms. The molecule has 2 N–H and O–H groups in total. The SMILES string of the molecule is COc1ccc(CN(Cc2cc3ccc(OC)cc3[nH]c2=O)C(=S)NCc2ccccc2)cc1. The highest BCUT2D eigenvalue weighted by atomic mass is 32.1. The molecule has 174 valence electrons. The summed E-state index contributed by atoms with van der Waals surface area (Å²) in [7, 11) is 3.25. The third kappa shape index (κ3) is 5.74. The van der Waals surface area contributed by atoms with Gasteiger partial charge in [-0.05, 0) is 59.1 Å². The maximum atomic E-state index is 12.9. The van der Waals surface area contributed by atoms with Gasteiger partial charge in [-0.25, -0.2) is 0 Å². The lowest BCUT2D eigenvalue weighted by atomic mass is 10.1. The summed E-state index contributed by atoms with van der Waals surface area (Å²) < 4.78 is 10.5. The van der Waals surface area contributed by atoms with E-state index in [1.54, 1.807) is 14.2 Å². The number of thiocarbonyl (C=S) groups is 1. The fraction of sp³-hybridized carbons (Fsp3) is 0.185. The van der Waals surface area contributed by atoms with Crippen molar-refractivity contribution < 1.29 is 9.47 Å². The van der Waals surface area contributed by atoms with Crippen LogP contribution in [0.25, 0.3) is 10.9 Å². The van der Waals surface area contributed by atoms with Crippen LogP contribution in [0, 0.1) is 0 Å². The summed E-state index contributed by atoms with van der Waals surface area (Å²) in [6, 6.07) is 25.5. The first-order valence-corrected chi connectivity index (χ1v) is 11.4. The van der Waals surface area contributed by atoms with Crippen LogP contribution < -0.4 is 20.3 Å². The van der Waals surface area contributed by atoms with Gasteiger partial charge < -0.3 is 24.7 Å². The van der Waals surface area contributed by atoms with Crippen LogP contribution in [0.2, 0.25) is 0 Å². The highest BCUT2D eigenvalue weighted by molar-refractivity contribution is 7.80. The Morgan fingerprint density at radius 3 is 2.29 bits per heavy atom. The first kappa shape index (κ1) is 23.3. The number of aromatic nitrogens is 1. The lowest BCUT2D eigenvalue weighted by molar-refractivity contribution is 0.395. The second-order valence-corrected chi connectivity index (χ2v) is 8.31. The number of fused-ring (bicyclic) bond motifs is 1. The summed E-state index contributed by atoms with van der Waals surface area (Å²) in [5.74, 6) is 1.49. The number of methoxy groups -OCH3 is 2. The molecule has 6 nitrogen and oxygen atoms in total. The molecule has 1 heterocycles. The lowest BCUT2D eigenvalue weighted by Crippen LogP contribution is -2.39. The zero-order valence-corrected chi connectivity index (χ0v) is 20.0. The molecule has 0 aliphatic heterocycles. The van der Waals surface area contributed by atoms with Crippen molar-refractivity contribution in [2.45, 2.75) is 19.6 Å². The Morgan fingerprint density at radius 2 is 1.59 bits per heavy atom. The molecular weight excluding hydrogens is 446 g/mol. The summed E-state index contributed by atoms with van der Waals surface area (Å²) in [6.07, 6.45) is 0. The maximum absolute atomic E-state index is 12.9. The van der Waals surface area contributed by atoms with Crippen molar-refractivity contribution in [3.63, 3.8) is 0 Å². The summed E-state index contributed by atoms with van der Waals surface area (Å²) in [5.41, 5.74) is 3.42. The number of nitrogens with one attached hydrogen (secondary N) is 2. The van der Waals surface area contributed by atoms with Crippen molar-refractivity contribution >= 4 is 28.2 Å². The quantitative estimate of drug-likeness (QED) is 0.364. The van der Waals surface area contributed by atoms with Gasteiger partial charge in [0.05, 0.1) is 26.3 Å². The molecule has 0 bridgehead atoms. The molecule has 0 aliphatic carbocycles. The average Bonchev–Trinajstić information content (AvgIpc) is 2.88. The van der Waals surface area contributed by atoms with Gasteiger partial charge in [0.25, 0.3) is 5.56 Å². The van der Waals surface area contributed by atoms with Gasteiger partial charge in [0.15, 0.2) is 5.11 Å². The molecule has 1 aromatic heterocycles. The van der Waals surface area contributed by atoms with Gasteiger partial charge in [-0.1, -0.05) is 42.5 Å². The van der Waals surface area contributed by atoms with Gasteiger partial charge in [0.1, 0.15) is 11.5 Å². The van der Waals surface area contributed by atoms with Crippen LogP contribution >= 0.6 is 12.2 Å². The van der Waals surface area contributed by atoms with E-state index < -0.39 is 0 Å². The first-order chi connectivity index (χ1) is 16.6. The van der Waals surface area contributed by atoms with Gasteiger partial charge >= 0.3 is 0 Å². The van der Waals surface area contributed by atoms with E-state index in [9.17, 15) is 4.79 Å². The van der Waals surface area contributed by atoms with Crippen molar-refractivity contribution in [2.75, 3.05) is 14.2 Å². The third-order valence-corrected chi connectivity index (χ3v) is 6.00. The van der Waals surface area contributed by atoms with Crippen LogP contribution in [0.3, 0.4) is 0 Å². The normalized spacial score (nSPS) is 10.6. The fourth-order valence-electron chi connectivity index (χ4n) is 3.71. The number of benzene rings is 3. The van der Waals surface area contributed by atoms with E-state index in [2.05, 4.69) is 10.3 Å². The molecule has 0 saturated heterocycles. The lowest BCUT2D eigenvalue weighted by Gasteiger charge is -2.26. The van der Waals surface area contributed by atoms with Crippen molar-refractivity contribution in [1.82, 2.24) is 15.2 Å². The van der Waals surface area contributed by atoms with Crippen molar-refractivity contribution in [3.8, 4) is 11.5 Å². The monoisotopic (exact) mass is 473 g/mol.